The van der Waals surface area contributed by atoms with Gasteiger partial charge in [-0.3, -0.25) is 9.36 Å². The van der Waals surface area contributed by atoms with Crippen molar-refractivity contribution in [2.75, 3.05) is 40.9 Å². The fourth-order valence-electron chi connectivity index (χ4n) is 8.36. The molecular formula is C61H113N2O6P. The number of aliphatic hydroxyl groups excluding tert-OH is 1. The maximum absolute atomic E-state index is 12.9. The number of hydrogen-bond donors (Lipinski definition) is 2. The van der Waals surface area contributed by atoms with Gasteiger partial charge in [-0.2, -0.15) is 0 Å². The van der Waals surface area contributed by atoms with Gasteiger partial charge in [0, 0.05) is 6.42 Å². The monoisotopic (exact) mass is 1000 g/mol. The van der Waals surface area contributed by atoms with Crippen LogP contribution in [0.3, 0.4) is 0 Å². The molecule has 0 rings (SSSR count). The van der Waals surface area contributed by atoms with E-state index in [0.717, 1.165) is 70.6 Å². The molecule has 3 atom stereocenters. The molecule has 0 heterocycles. The maximum Gasteiger partial charge on any atom is 0.268 e. The summed E-state index contributed by atoms with van der Waals surface area (Å²) < 4.78 is 23.3. The van der Waals surface area contributed by atoms with Crippen molar-refractivity contribution in [3.8, 4) is 0 Å². The average Bonchev–Trinajstić information content (AvgIpc) is 3.32. The quantitative estimate of drug-likeness (QED) is 0.0272. The van der Waals surface area contributed by atoms with Crippen molar-refractivity contribution in [2.24, 2.45) is 0 Å². The number of rotatable bonds is 53. The molecule has 0 aromatic rings. The number of hydrogen-bond acceptors (Lipinski definition) is 6. The zero-order valence-electron chi connectivity index (χ0n) is 46.5. The highest BCUT2D eigenvalue weighted by atomic mass is 31.2. The molecule has 0 spiro atoms. The number of carbonyl (C=O) groups excluding carboxylic acids is 1. The molecule has 70 heavy (non-hydrogen) atoms. The fourth-order valence-corrected chi connectivity index (χ4v) is 9.08. The summed E-state index contributed by atoms with van der Waals surface area (Å²) in [6, 6.07) is -0.909. The molecule has 0 aliphatic heterocycles. The first-order valence-electron chi connectivity index (χ1n) is 29.3. The van der Waals surface area contributed by atoms with Gasteiger partial charge in [0.05, 0.1) is 39.9 Å². The molecule has 0 fully saturated rings. The molecule has 0 aliphatic rings. The Bertz CT molecular complexity index is 1370. The van der Waals surface area contributed by atoms with E-state index in [1.54, 1.807) is 6.08 Å². The molecule has 1 amide bonds. The Morgan fingerprint density at radius 3 is 1.27 bits per heavy atom. The topological polar surface area (TPSA) is 108 Å². The van der Waals surface area contributed by atoms with Gasteiger partial charge in [-0.1, -0.05) is 260 Å². The van der Waals surface area contributed by atoms with E-state index in [9.17, 15) is 19.4 Å². The lowest BCUT2D eigenvalue weighted by Gasteiger charge is -2.29. The van der Waals surface area contributed by atoms with Crippen LogP contribution in [0.2, 0.25) is 0 Å². The minimum absolute atomic E-state index is 0.0109. The lowest BCUT2D eigenvalue weighted by Crippen LogP contribution is -2.45. The number of likely N-dealkylation sites (N-methyl/N-ethyl adjacent to an activating group) is 1. The highest BCUT2D eigenvalue weighted by Gasteiger charge is 2.23. The van der Waals surface area contributed by atoms with Gasteiger partial charge in [0.2, 0.25) is 5.91 Å². The third kappa shape index (κ3) is 53.7. The summed E-state index contributed by atoms with van der Waals surface area (Å²) in [6.45, 7) is 4.52. The molecule has 0 aromatic carbocycles. The summed E-state index contributed by atoms with van der Waals surface area (Å²) in [5.74, 6) is -0.229. The van der Waals surface area contributed by atoms with Gasteiger partial charge in [-0.05, 0) is 64.2 Å². The molecule has 0 radical (unpaired) electrons. The van der Waals surface area contributed by atoms with Crippen molar-refractivity contribution in [1.29, 1.82) is 0 Å². The predicted molar refractivity (Wildman–Crippen MR) is 302 cm³/mol. The Morgan fingerprint density at radius 1 is 0.514 bits per heavy atom. The molecule has 9 heteroatoms. The van der Waals surface area contributed by atoms with E-state index in [1.807, 2.05) is 27.2 Å². The Hall–Kier alpha value is -2.06. The van der Waals surface area contributed by atoms with E-state index in [0.29, 0.717) is 23.9 Å². The van der Waals surface area contributed by atoms with Gasteiger partial charge in [0.15, 0.2) is 0 Å². The van der Waals surface area contributed by atoms with Crippen LogP contribution in [0.25, 0.3) is 0 Å². The van der Waals surface area contributed by atoms with Gasteiger partial charge in [0.25, 0.3) is 7.82 Å². The molecule has 2 N–H and O–H groups in total. The number of unbranched alkanes of at least 4 members (excludes halogenated alkanes) is 30. The van der Waals surface area contributed by atoms with Crippen LogP contribution in [-0.4, -0.2) is 68.5 Å². The lowest BCUT2D eigenvalue weighted by atomic mass is 10.0. The zero-order chi connectivity index (χ0) is 51.3. The zero-order valence-corrected chi connectivity index (χ0v) is 47.4. The molecule has 3 unspecified atom stereocenters. The smallest absolute Gasteiger partial charge is 0.268 e. The van der Waals surface area contributed by atoms with Crippen LogP contribution >= 0.6 is 7.82 Å². The number of allylic oxidation sites excluding steroid dienone is 11. The summed E-state index contributed by atoms with van der Waals surface area (Å²) >= 11 is 0. The molecule has 0 aliphatic carbocycles. The van der Waals surface area contributed by atoms with Gasteiger partial charge in [-0.15, -0.1) is 0 Å². The highest BCUT2D eigenvalue weighted by molar-refractivity contribution is 7.45. The van der Waals surface area contributed by atoms with Crippen LogP contribution in [0, 0.1) is 0 Å². The predicted octanol–water partition coefficient (Wildman–Crippen LogP) is 17.2. The summed E-state index contributed by atoms with van der Waals surface area (Å²) in [6.07, 6.45) is 71.3. The molecule has 408 valence electrons. The van der Waals surface area contributed by atoms with Crippen LogP contribution in [-0.2, 0) is 18.4 Å². The van der Waals surface area contributed by atoms with Gasteiger partial charge in [-0.25, -0.2) is 0 Å². The second-order valence-corrected chi connectivity index (χ2v) is 22.4. The van der Waals surface area contributed by atoms with E-state index in [1.165, 1.54) is 161 Å². The Labute approximate surface area is 434 Å². The maximum atomic E-state index is 12.9. The minimum Gasteiger partial charge on any atom is -0.756 e. The normalized spacial score (nSPS) is 14.4. The van der Waals surface area contributed by atoms with Crippen molar-refractivity contribution in [1.82, 2.24) is 5.32 Å². The Kier molecular flexibility index (Phi) is 50.3. The third-order valence-corrected chi connectivity index (χ3v) is 13.9. The largest absolute Gasteiger partial charge is 0.756 e. The first kappa shape index (κ1) is 67.9. The standard InChI is InChI=1S/C61H113N2O6P/c1-6-8-10-12-14-16-18-20-22-24-26-27-28-29-30-31-32-33-34-35-37-38-40-42-44-46-48-50-52-54-60(64)59(58-69-70(66,67)68-57-56-63(3,4)5)62-61(65)55-53-51-49-47-45-43-41-39-36-25-23-21-19-17-15-13-11-9-7-2/h9,11,15,17,21,23,36,39,43,45,52,54,59-60,64H,6-8,10,12-14,16,18-20,22,24-35,37-38,40-42,44,46-51,53,55-58H2,1-5H3,(H-,62,65,66,67)/b11-9-,17-15-,23-21-,39-36-,45-43-,54-52+. The molecule has 0 saturated carbocycles. The van der Waals surface area contributed by atoms with Crippen LogP contribution in [0.4, 0.5) is 0 Å². The molecule has 0 aromatic heterocycles. The number of nitrogens with one attached hydrogen (secondary N) is 1. The van der Waals surface area contributed by atoms with Crippen LogP contribution in [0.15, 0.2) is 72.9 Å². The van der Waals surface area contributed by atoms with Gasteiger partial charge < -0.3 is 28.8 Å². The second kappa shape index (κ2) is 51.8. The average molecular weight is 1000 g/mol. The minimum atomic E-state index is -4.61. The number of phosphoric acid groups is 1. The summed E-state index contributed by atoms with van der Waals surface area (Å²) in [4.78, 5) is 25.5. The number of aliphatic hydroxyl groups is 1. The van der Waals surface area contributed by atoms with Crippen LogP contribution < -0.4 is 10.2 Å². The van der Waals surface area contributed by atoms with Crippen molar-refractivity contribution in [3.05, 3.63) is 72.9 Å². The van der Waals surface area contributed by atoms with E-state index < -0.39 is 26.6 Å². The Balaban J connectivity index is 4.21. The summed E-state index contributed by atoms with van der Waals surface area (Å²) in [5, 5.41) is 13.9. The molecular weight excluding hydrogens is 888 g/mol. The Morgan fingerprint density at radius 2 is 0.871 bits per heavy atom. The van der Waals surface area contributed by atoms with Gasteiger partial charge >= 0.3 is 0 Å². The number of carbonyl (C=O) groups is 1. The van der Waals surface area contributed by atoms with Crippen molar-refractivity contribution >= 4 is 13.7 Å². The van der Waals surface area contributed by atoms with Gasteiger partial charge in [0.1, 0.15) is 13.2 Å². The molecule has 8 nitrogen and oxygen atoms in total. The highest BCUT2D eigenvalue weighted by Crippen LogP contribution is 2.38. The number of phosphoric ester groups is 1. The van der Waals surface area contributed by atoms with Crippen LogP contribution in [0.5, 0.6) is 0 Å². The summed E-state index contributed by atoms with van der Waals surface area (Å²) in [5.41, 5.74) is 0. The second-order valence-electron chi connectivity index (χ2n) is 21.0. The molecule has 0 saturated heterocycles. The fraction of sp³-hybridized carbons (Fsp3) is 0.787. The number of nitrogens with zero attached hydrogens (tertiary/aromatic N) is 1. The summed E-state index contributed by atoms with van der Waals surface area (Å²) in [7, 11) is 1.23. The van der Waals surface area contributed by atoms with E-state index in [4.69, 9.17) is 9.05 Å². The van der Waals surface area contributed by atoms with Crippen molar-refractivity contribution < 1.29 is 32.9 Å². The third-order valence-electron chi connectivity index (χ3n) is 12.9. The van der Waals surface area contributed by atoms with Crippen molar-refractivity contribution in [2.45, 2.75) is 270 Å². The first-order valence-corrected chi connectivity index (χ1v) is 30.8. The number of amides is 1. The molecule has 0 bridgehead atoms. The first-order chi connectivity index (χ1) is 34.0. The lowest BCUT2D eigenvalue weighted by molar-refractivity contribution is -0.870. The van der Waals surface area contributed by atoms with Crippen LogP contribution in [0.1, 0.15) is 258 Å². The SMILES string of the molecule is CC/C=C\C/C=C\C/C=C\C/C=C\C/C=C\CCCCCC(=O)NC(COP(=O)([O-])OCC[N+](C)(C)C)C(O)/C=C/CCCCCCCCCCCCCCCCCCCCCCCCCCCCC. The van der Waals surface area contributed by atoms with E-state index in [-0.39, 0.29) is 12.5 Å². The van der Waals surface area contributed by atoms with Crippen molar-refractivity contribution in [3.63, 3.8) is 0 Å². The number of quaternary nitrogens is 1. The van der Waals surface area contributed by atoms with E-state index >= 15 is 0 Å². The van der Waals surface area contributed by atoms with E-state index in [2.05, 4.69) is 79.9 Å².